The third-order valence-corrected chi connectivity index (χ3v) is 3.35. The lowest BCUT2D eigenvalue weighted by Gasteiger charge is -2.07. The highest BCUT2D eigenvalue weighted by Crippen LogP contribution is 2.15. The Morgan fingerprint density at radius 2 is 2.47 bits per heavy atom. The lowest BCUT2D eigenvalue weighted by Crippen LogP contribution is -2.12. The third-order valence-electron chi connectivity index (χ3n) is 2.01. The molecule has 0 amide bonds. The zero-order chi connectivity index (χ0) is 11.1. The molecule has 1 rings (SSSR count). The van der Waals surface area contributed by atoms with Crippen molar-refractivity contribution >= 4 is 11.8 Å². The summed E-state index contributed by atoms with van der Waals surface area (Å²) in [5.41, 5.74) is 7.17. The van der Waals surface area contributed by atoms with Crippen LogP contribution in [-0.4, -0.2) is 17.3 Å². The highest BCUT2D eigenvalue weighted by molar-refractivity contribution is 7.98. The Bertz CT molecular complexity index is 346. The molecular formula is C11H15N3S. The van der Waals surface area contributed by atoms with Crippen molar-refractivity contribution in [3.8, 4) is 6.07 Å². The molecule has 1 heterocycles. The van der Waals surface area contributed by atoms with Gasteiger partial charge in [0.1, 0.15) is 11.8 Å². The lowest BCUT2D eigenvalue weighted by molar-refractivity contribution is 0.675. The second-order valence-electron chi connectivity index (χ2n) is 3.52. The summed E-state index contributed by atoms with van der Waals surface area (Å²) in [6, 6.07) is 5.82. The summed E-state index contributed by atoms with van der Waals surface area (Å²) < 4.78 is 0. The molecule has 0 fully saturated rings. The average molecular weight is 221 g/mol. The summed E-state index contributed by atoms with van der Waals surface area (Å²) in [5.74, 6) is 2.52. The molecule has 0 saturated carbocycles. The summed E-state index contributed by atoms with van der Waals surface area (Å²) in [7, 11) is 0. The Kier molecular flexibility index (Phi) is 5.16. The van der Waals surface area contributed by atoms with Crippen molar-refractivity contribution in [1.82, 2.24) is 4.98 Å². The van der Waals surface area contributed by atoms with Gasteiger partial charge in [-0.15, -0.1) is 0 Å². The van der Waals surface area contributed by atoms with Gasteiger partial charge in [0.15, 0.2) is 0 Å². The van der Waals surface area contributed by atoms with Gasteiger partial charge in [0.25, 0.3) is 0 Å². The van der Waals surface area contributed by atoms with E-state index >= 15 is 0 Å². The maximum atomic E-state index is 8.68. The quantitative estimate of drug-likeness (QED) is 0.823. The van der Waals surface area contributed by atoms with Gasteiger partial charge in [-0.1, -0.05) is 6.92 Å². The molecule has 0 aliphatic heterocycles. The number of nitrogens with two attached hydrogens (primary N) is 1. The van der Waals surface area contributed by atoms with Crippen LogP contribution in [0.25, 0.3) is 0 Å². The van der Waals surface area contributed by atoms with E-state index in [9.17, 15) is 0 Å². The van der Waals surface area contributed by atoms with Crippen molar-refractivity contribution in [2.75, 3.05) is 12.3 Å². The number of pyridine rings is 1. The zero-order valence-electron chi connectivity index (χ0n) is 8.81. The van der Waals surface area contributed by atoms with Crippen molar-refractivity contribution < 1.29 is 0 Å². The molecule has 0 aromatic carbocycles. The molecule has 0 aliphatic rings. The second-order valence-corrected chi connectivity index (χ2v) is 4.55. The topological polar surface area (TPSA) is 62.7 Å². The first-order valence-corrected chi connectivity index (χ1v) is 6.04. The summed E-state index contributed by atoms with van der Waals surface area (Å²) >= 11 is 1.84. The normalized spacial score (nSPS) is 12.1. The third kappa shape index (κ3) is 4.32. The Morgan fingerprint density at radius 1 is 1.67 bits per heavy atom. The number of rotatable bonds is 5. The van der Waals surface area contributed by atoms with Gasteiger partial charge < -0.3 is 5.73 Å². The van der Waals surface area contributed by atoms with Gasteiger partial charge in [-0.25, -0.2) is 4.98 Å². The van der Waals surface area contributed by atoms with Gasteiger partial charge in [0, 0.05) is 11.9 Å². The first kappa shape index (κ1) is 12.0. The van der Waals surface area contributed by atoms with Crippen molar-refractivity contribution in [2.24, 2.45) is 11.7 Å². The van der Waals surface area contributed by atoms with Crippen molar-refractivity contribution in [1.29, 1.82) is 5.26 Å². The number of thioether (sulfide) groups is 1. The van der Waals surface area contributed by atoms with Crippen LogP contribution in [0.3, 0.4) is 0 Å². The number of aromatic nitrogens is 1. The minimum absolute atomic E-state index is 0.486. The van der Waals surface area contributed by atoms with E-state index in [2.05, 4.69) is 11.9 Å². The van der Waals surface area contributed by atoms with E-state index in [1.165, 1.54) is 0 Å². The molecule has 0 aliphatic carbocycles. The predicted molar refractivity (Wildman–Crippen MR) is 63.3 cm³/mol. The van der Waals surface area contributed by atoms with Crippen LogP contribution >= 0.6 is 11.8 Å². The maximum absolute atomic E-state index is 8.68. The van der Waals surface area contributed by atoms with Crippen LogP contribution in [0.15, 0.2) is 18.3 Å². The number of nitrogens with zero attached hydrogens (tertiary/aromatic N) is 2. The van der Waals surface area contributed by atoms with E-state index in [4.69, 9.17) is 11.0 Å². The van der Waals surface area contributed by atoms with E-state index in [1.807, 2.05) is 30.0 Å². The molecule has 15 heavy (non-hydrogen) atoms. The molecule has 0 saturated heterocycles. The first-order valence-electron chi connectivity index (χ1n) is 4.89. The highest BCUT2D eigenvalue weighted by atomic mass is 32.2. The Hall–Kier alpha value is -1.05. The molecule has 1 atom stereocenters. The van der Waals surface area contributed by atoms with E-state index in [1.54, 1.807) is 6.20 Å². The molecule has 1 aromatic rings. The van der Waals surface area contributed by atoms with Crippen LogP contribution < -0.4 is 5.73 Å². The average Bonchev–Trinajstić information content (AvgIpc) is 2.29. The molecular weight excluding hydrogens is 206 g/mol. The van der Waals surface area contributed by atoms with E-state index in [0.29, 0.717) is 11.6 Å². The molecule has 3 nitrogen and oxygen atoms in total. The standard InChI is InChI=1S/C11H15N3S/c1-9(5-12)7-15-8-10-2-3-14-11(4-10)6-13/h2-4,9H,5,7-8,12H2,1H3. The molecule has 1 aromatic heterocycles. The molecule has 4 heteroatoms. The second kappa shape index (κ2) is 6.44. The minimum Gasteiger partial charge on any atom is -0.330 e. The predicted octanol–water partition coefficient (Wildman–Crippen LogP) is 1.78. The lowest BCUT2D eigenvalue weighted by atomic mass is 10.2. The van der Waals surface area contributed by atoms with E-state index in [-0.39, 0.29) is 0 Å². The van der Waals surface area contributed by atoms with Gasteiger partial charge >= 0.3 is 0 Å². The van der Waals surface area contributed by atoms with Gasteiger partial charge in [-0.2, -0.15) is 17.0 Å². The molecule has 0 radical (unpaired) electrons. The molecule has 0 bridgehead atoms. The summed E-state index contributed by atoms with van der Waals surface area (Å²) in [6.07, 6.45) is 1.68. The Morgan fingerprint density at radius 3 is 3.13 bits per heavy atom. The van der Waals surface area contributed by atoms with Gasteiger partial charge in [-0.05, 0) is 35.9 Å². The molecule has 80 valence electrons. The minimum atomic E-state index is 0.486. The maximum Gasteiger partial charge on any atom is 0.140 e. The van der Waals surface area contributed by atoms with Crippen LogP contribution in [0, 0.1) is 17.2 Å². The van der Waals surface area contributed by atoms with Crippen molar-refractivity contribution in [3.05, 3.63) is 29.6 Å². The van der Waals surface area contributed by atoms with Crippen LogP contribution in [0.1, 0.15) is 18.2 Å². The van der Waals surface area contributed by atoms with Crippen molar-refractivity contribution in [2.45, 2.75) is 12.7 Å². The SMILES string of the molecule is CC(CN)CSCc1ccnc(C#N)c1. The summed E-state index contributed by atoms with van der Waals surface area (Å²) in [5, 5.41) is 8.68. The molecule has 0 spiro atoms. The number of hydrogen-bond acceptors (Lipinski definition) is 4. The van der Waals surface area contributed by atoms with E-state index in [0.717, 1.165) is 23.6 Å². The smallest absolute Gasteiger partial charge is 0.140 e. The summed E-state index contributed by atoms with van der Waals surface area (Å²) in [6.45, 7) is 2.87. The number of hydrogen-bond donors (Lipinski definition) is 1. The monoisotopic (exact) mass is 221 g/mol. The van der Waals surface area contributed by atoms with Crippen LogP contribution in [0.5, 0.6) is 0 Å². The van der Waals surface area contributed by atoms with Crippen LogP contribution in [-0.2, 0) is 5.75 Å². The van der Waals surface area contributed by atoms with E-state index < -0.39 is 0 Å². The fourth-order valence-corrected chi connectivity index (χ4v) is 2.14. The fourth-order valence-electron chi connectivity index (χ4n) is 1.07. The van der Waals surface area contributed by atoms with Crippen LogP contribution in [0.2, 0.25) is 0 Å². The largest absolute Gasteiger partial charge is 0.330 e. The fraction of sp³-hybridized carbons (Fsp3) is 0.455. The molecule has 2 N–H and O–H groups in total. The van der Waals surface area contributed by atoms with Crippen LogP contribution in [0.4, 0.5) is 0 Å². The van der Waals surface area contributed by atoms with Crippen molar-refractivity contribution in [3.63, 3.8) is 0 Å². The zero-order valence-corrected chi connectivity index (χ0v) is 9.63. The Labute approximate surface area is 94.7 Å². The Balaban J connectivity index is 2.41. The van der Waals surface area contributed by atoms with Gasteiger partial charge in [0.2, 0.25) is 0 Å². The number of nitriles is 1. The van der Waals surface area contributed by atoms with Gasteiger partial charge in [0.05, 0.1) is 0 Å². The first-order chi connectivity index (χ1) is 7.26. The highest BCUT2D eigenvalue weighted by Gasteiger charge is 2.00. The van der Waals surface area contributed by atoms with Gasteiger partial charge in [-0.3, -0.25) is 0 Å². The molecule has 1 unspecified atom stereocenters. The summed E-state index contributed by atoms with van der Waals surface area (Å²) in [4.78, 5) is 3.93.